The van der Waals surface area contributed by atoms with Gasteiger partial charge in [0.25, 0.3) is 0 Å². The molecule has 1 heterocycles. The number of pyridine rings is 1. The van der Waals surface area contributed by atoms with Gasteiger partial charge in [0, 0.05) is 11.1 Å². The molecule has 0 fully saturated rings. The SMILES string of the molecule is Cc1ccc(-c2c(CC(C)(C)C)c(CC(C)C)nc3ccc(OCC#N)cc23)cc1. The van der Waals surface area contributed by atoms with Crippen molar-refractivity contribution >= 4 is 10.9 Å². The maximum atomic E-state index is 8.90. The molecule has 0 amide bonds. The quantitative estimate of drug-likeness (QED) is 0.452. The summed E-state index contributed by atoms with van der Waals surface area (Å²) in [6, 6.07) is 16.8. The van der Waals surface area contributed by atoms with E-state index >= 15 is 0 Å². The number of nitrogens with zero attached hydrogens (tertiary/aromatic N) is 2. The normalized spacial score (nSPS) is 11.7. The molecule has 0 bridgehead atoms. The molecule has 156 valence electrons. The summed E-state index contributed by atoms with van der Waals surface area (Å²) in [5.74, 6) is 1.23. The maximum absolute atomic E-state index is 8.90. The first-order chi connectivity index (χ1) is 14.2. The molecule has 2 aromatic carbocycles. The molecule has 30 heavy (non-hydrogen) atoms. The van der Waals surface area contributed by atoms with Gasteiger partial charge in [0.15, 0.2) is 6.61 Å². The molecule has 3 nitrogen and oxygen atoms in total. The van der Waals surface area contributed by atoms with Gasteiger partial charge in [0.05, 0.1) is 5.52 Å². The molecule has 3 rings (SSSR count). The lowest BCUT2D eigenvalue weighted by Crippen LogP contribution is -2.15. The summed E-state index contributed by atoms with van der Waals surface area (Å²) in [4.78, 5) is 5.10. The Hall–Kier alpha value is -2.86. The minimum absolute atomic E-state index is 0.0408. The molecule has 0 aliphatic rings. The number of fused-ring (bicyclic) bond motifs is 1. The molecule has 0 saturated heterocycles. The van der Waals surface area contributed by atoms with Gasteiger partial charge >= 0.3 is 0 Å². The molecule has 0 unspecified atom stereocenters. The second kappa shape index (κ2) is 8.88. The Morgan fingerprint density at radius 1 is 1.07 bits per heavy atom. The maximum Gasteiger partial charge on any atom is 0.174 e. The van der Waals surface area contributed by atoms with Gasteiger partial charge in [-0.25, -0.2) is 0 Å². The highest BCUT2D eigenvalue weighted by Crippen LogP contribution is 2.38. The fourth-order valence-electron chi connectivity index (χ4n) is 3.86. The zero-order valence-electron chi connectivity index (χ0n) is 19.0. The summed E-state index contributed by atoms with van der Waals surface area (Å²) < 4.78 is 5.62. The number of hydrogen-bond acceptors (Lipinski definition) is 3. The first kappa shape index (κ1) is 21.8. The van der Waals surface area contributed by atoms with Gasteiger partial charge in [-0.1, -0.05) is 64.4 Å². The standard InChI is InChI=1S/C27H32N2O/c1-18(2)15-25-23(17-27(4,5)6)26(20-9-7-19(3)8-10-20)22-16-21(30-14-13-28)11-12-24(22)29-25/h7-12,16,18H,14-15,17H2,1-6H3. The van der Waals surface area contributed by atoms with Gasteiger partial charge in [-0.05, 0) is 66.0 Å². The fraction of sp³-hybridized carbons (Fsp3) is 0.407. The van der Waals surface area contributed by atoms with Crippen molar-refractivity contribution in [3.63, 3.8) is 0 Å². The van der Waals surface area contributed by atoms with Gasteiger partial charge < -0.3 is 4.74 Å². The minimum atomic E-state index is 0.0408. The number of aryl methyl sites for hydroxylation is 1. The van der Waals surface area contributed by atoms with E-state index in [1.807, 2.05) is 18.2 Å². The van der Waals surface area contributed by atoms with Crippen molar-refractivity contribution in [2.24, 2.45) is 11.3 Å². The zero-order chi connectivity index (χ0) is 21.9. The molecule has 0 aliphatic heterocycles. The van der Waals surface area contributed by atoms with Crippen LogP contribution in [0.2, 0.25) is 0 Å². The van der Waals surface area contributed by atoms with Crippen LogP contribution in [0, 0.1) is 29.6 Å². The molecule has 3 aromatic rings. The van der Waals surface area contributed by atoms with E-state index in [0.717, 1.165) is 23.7 Å². The molecule has 0 N–H and O–H groups in total. The predicted molar refractivity (Wildman–Crippen MR) is 125 cm³/mol. The van der Waals surface area contributed by atoms with E-state index in [1.54, 1.807) is 0 Å². The highest BCUT2D eigenvalue weighted by molar-refractivity contribution is 5.97. The van der Waals surface area contributed by atoms with Crippen LogP contribution in [0.3, 0.4) is 0 Å². The molecule has 0 radical (unpaired) electrons. The lowest BCUT2D eigenvalue weighted by molar-refractivity contribution is 0.368. The Kier molecular flexibility index (Phi) is 6.46. The summed E-state index contributed by atoms with van der Waals surface area (Å²) in [6.45, 7) is 13.5. The monoisotopic (exact) mass is 400 g/mol. The van der Waals surface area contributed by atoms with Crippen LogP contribution in [0.15, 0.2) is 42.5 Å². The minimum Gasteiger partial charge on any atom is -0.479 e. The van der Waals surface area contributed by atoms with Gasteiger partial charge in [-0.3, -0.25) is 4.98 Å². The molecule has 0 spiro atoms. The average molecular weight is 401 g/mol. The molecule has 3 heteroatoms. The number of ether oxygens (including phenoxy) is 1. The number of aromatic nitrogens is 1. The number of rotatable bonds is 6. The largest absolute Gasteiger partial charge is 0.479 e. The van der Waals surface area contributed by atoms with Crippen LogP contribution in [-0.4, -0.2) is 11.6 Å². The molecular weight excluding hydrogens is 368 g/mol. The van der Waals surface area contributed by atoms with Crippen LogP contribution < -0.4 is 4.74 Å². The van der Waals surface area contributed by atoms with Gasteiger partial charge in [-0.15, -0.1) is 0 Å². The topological polar surface area (TPSA) is 45.9 Å². The second-order valence-corrected chi connectivity index (χ2v) is 9.74. The third-order valence-electron chi connectivity index (χ3n) is 5.10. The number of hydrogen-bond donors (Lipinski definition) is 0. The van der Waals surface area contributed by atoms with Crippen LogP contribution in [-0.2, 0) is 12.8 Å². The molecular formula is C27H32N2O. The zero-order valence-corrected chi connectivity index (χ0v) is 19.0. The van der Waals surface area contributed by atoms with E-state index in [2.05, 4.69) is 71.9 Å². The van der Waals surface area contributed by atoms with Gasteiger partial charge in [-0.2, -0.15) is 5.26 Å². The van der Waals surface area contributed by atoms with Crippen molar-refractivity contribution in [2.45, 2.75) is 54.4 Å². The number of benzene rings is 2. The summed E-state index contributed by atoms with van der Waals surface area (Å²) in [6.07, 6.45) is 1.90. The van der Waals surface area contributed by atoms with Gasteiger partial charge in [0.1, 0.15) is 11.8 Å². The van der Waals surface area contributed by atoms with Crippen LogP contribution in [0.1, 0.15) is 51.4 Å². The van der Waals surface area contributed by atoms with Gasteiger partial charge in [0.2, 0.25) is 0 Å². The van der Waals surface area contributed by atoms with E-state index in [-0.39, 0.29) is 12.0 Å². The second-order valence-electron chi connectivity index (χ2n) is 9.74. The molecule has 1 aromatic heterocycles. The lowest BCUT2D eigenvalue weighted by Gasteiger charge is -2.25. The summed E-state index contributed by atoms with van der Waals surface area (Å²) in [7, 11) is 0. The third-order valence-corrected chi connectivity index (χ3v) is 5.10. The van der Waals surface area contributed by atoms with Crippen molar-refractivity contribution in [2.75, 3.05) is 6.61 Å². The molecule has 0 saturated carbocycles. The molecule has 0 aliphatic carbocycles. The first-order valence-corrected chi connectivity index (χ1v) is 10.7. The summed E-state index contributed by atoms with van der Waals surface area (Å²) in [5.41, 5.74) is 7.31. The lowest BCUT2D eigenvalue weighted by atomic mass is 9.81. The highest BCUT2D eigenvalue weighted by atomic mass is 16.5. The Balaban J connectivity index is 2.35. The third kappa shape index (κ3) is 5.19. The van der Waals surface area contributed by atoms with Crippen LogP contribution in [0.4, 0.5) is 0 Å². The fourth-order valence-corrected chi connectivity index (χ4v) is 3.86. The summed E-state index contributed by atoms with van der Waals surface area (Å²) >= 11 is 0. The Morgan fingerprint density at radius 2 is 1.77 bits per heavy atom. The Bertz CT molecular complexity index is 1070. The van der Waals surface area contributed by atoms with E-state index in [0.29, 0.717) is 11.7 Å². The first-order valence-electron chi connectivity index (χ1n) is 10.7. The van der Waals surface area contributed by atoms with Crippen LogP contribution >= 0.6 is 0 Å². The number of nitriles is 1. The predicted octanol–water partition coefficient (Wildman–Crippen LogP) is 6.90. The smallest absolute Gasteiger partial charge is 0.174 e. The Morgan fingerprint density at radius 3 is 2.37 bits per heavy atom. The van der Waals surface area contributed by atoms with E-state index < -0.39 is 0 Å². The van der Waals surface area contributed by atoms with Crippen LogP contribution in [0.25, 0.3) is 22.0 Å². The van der Waals surface area contributed by atoms with E-state index in [4.69, 9.17) is 15.0 Å². The van der Waals surface area contributed by atoms with Crippen molar-refractivity contribution in [1.82, 2.24) is 4.98 Å². The molecule has 0 atom stereocenters. The Labute approximate surface area is 180 Å². The van der Waals surface area contributed by atoms with E-state index in [9.17, 15) is 0 Å². The highest BCUT2D eigenvalue weighted by Gasteiger charge is 2.22. The van der Waals surface area contributed by atoms with Crippen molar-refractivity contribution in [3.8, 4) is 22.9 Å². The summed E-state index contributed by atoms with van der Waals surface area (Å²) in [5, 5.41) is 9.99. The van der Waals surface area contributed by atoms with Crippen molar-refractivity contribution < 1.29 is 4.74 Å². The van der Waals surface area contributed by atoms with E-state index in [1.165, 1.54) is 27.9 Å². The van der Waals surface area contributed by atoms with Crippen LogP contribution in [0.5, 0.6) is 5.75 Å². The average Bonchev–Trinajstić information content (AvgIpc) is 2.66. The van der Waals surface area contributed by atoms with Crippen molar-refractivity contribution in [1.29, 1.82) is 5.26 Å². The van der Waals surface area contributed by atoms with Crippen molar-refractivity contribution in [3.05, 3.63) is 59.3 Å².